The molecule has 3 nitrogen and oxygen atoms in total. The van der Waals surface area contributed by atoms with E-state index in [2.05, 4.69) is 0 Å². The normalized spacial score (nSPS) is 11.3. The molecule has 0 saturated heterocycles. The highest BCUT2D eigenvalue weighted by atomic mass is 32.2. The maximum absolute atomic E-state index is 12.6. The van der Waals surface area contributed by atoms with Crippen LogP contribution in [0.5, 0.6) is 0 Å². The van der Waals surface area contributed by atoms with Crippen molar-refractivity contribution in [3.05, 3.63) is 34.9 Å². The third-order valence-corrected chi connectivity index (χ3v) is 3.28. The van der Waals surface area contributed by atoms with Crippen molar-refractivity contribution in [3.8, 4) is 0 Å². The minimum Gasteiger partial charge on any atom is -0.464 e. The third-order valence-electron chi connectivity index (χ3n) is 2.71. The lowest BCUT2D eigenvalue weighted by Crippen LogP contribution is -2.14. The summed E-state index contributed by atoms with van der Waals surface area (Å²) < 4.78 is 42.6. The average molecular weight is 320 g/mol. The molecule has 0 N–H and O–H groups in total. The topological polar surface area (TPSA) is 43.4 Å². The van der Waals surface area contributed by atoms with Gasteiger partial charge < -0.3 is 4.74 Å². The number of Topliss-reactive ketones (excluding diaryl/α,β-unsaturated/α-hetero) is 1. The fraction of sp³-hybridized carbons (Fsp3) is 0.429. The Morgan fingerprint density at radius 3 is 2.48 bits per heavy atom. The number of aryl methyl sites for hydroxylation is 1. The van der Waals surface area contributed by atoms with Crippen molar-refractivity contribution in [2.45, 2.75) is 19.5 Å². The number of ether oxygens (including phenoxy) is 1. The molecular weight excluding hydrogens is 305 g/mol. The molecular formula is C14H15F3O3S. The minimum absolute atomic E-state index is 0.0518. The second-order valence-electron chi connectivity index (χ2n) is 4.34. The van der Waals surface area contributed by atoms with E-state index in [9.17, 15) is 22.8 Å². The zero-order chi connectivity index (χ0) is 16.0. The summed E-state index contributed by atoms with van der Waals surface area (Å²) in [5.41, 5.74) is -0.770. The van der Waals surface area contributed by atoms with Crippen LogP contribution in [0.2, 0.25) is 0 Å². The van der Waals surface area contributed by atoms with Crippen molar-refractivity contribution in [2.75, 3.05) is 18.6 Å². The van der Waals surface area contributed by atoms with E-state index in [-0.39, 0.29) is 17.7 Å². The van der Waals surface area contributed by atoms with Crippen molar-refractivity contribution in [3.63, 3.8) is 0 Å². The molecule has 0 unspecified atom stereocenters. The monoisotopic (exact) mass is 320 g/mol. The smallest absolute Gasteiger partial charge is 0.416 e. The van der Waals surface area contributed by atoms with Gasteiger partial charge in [0.15, 0.2) is 5.78 Å². The summed E-state index contributed by atoms with van der Waals surface area (Å²) in [6.07, 6.45) is -3.08. The highest BCUT2D eigenvalue weighted by molar-refractivity contribution is 7.98. The average Bonchev–Trinajstić information content (AvgIpc) is 2.37. The molecule has 0 heterocycles. The van der Waals surface area contributed by atoms with Crippen LogP contribution in [0.3, 0.4) is 0 Å². The van der Waals surface area contributed by atoms with Crippen molar-refractivity contribution in [1.29, 1.82) is 0 Å². The van der Waals surface area contributed by atoms with Crippen LogP contribution in [0.1, 0.15) is 27.9 Å². The van der Waals surface area contributed by atoms with Crippen LogP contribution in [0.4, 0.5) is 13.2 Å². The van der Waals surface area contributed by atoms with Crippen molar-refractivity contribution in [1.82, 2.24) is 0 Å². The number of thioether (sulfide) groups is 1. The zero-order valence-corrected chi connectivity index (χ0v) is 12.4. The third kappa shape index (κ3) is 5.41. The Morgan fingerprint density at radius 2 is 1.95 bits per heavy atom. The molecule has 7 heteroatoms. The van der Waals surface area contributed by atoms with Gasteiger partial charge in [-0.2, -0.15) is 24.9 Å². The zero-order valence-electron chi connectivity index (χ0n) is 11.6. The summed E-state index contributed by atoms with van der Waals surface area (Å²) in [5.74, 6) is -0.605. The van der Waals surface area contributed by atoms with Gasteiger partial charge in [0.2, 0.25) is 0 Å². The number of halogens is 3. The number of hydrogen-bond donors (Lipinski definition) is 0. The van der Waals surface area contributed by atoms with Gasteiger partial charge in [-0.3, -0.25) is 9.59 Å². The number of rotatable bonds is 6. The Kier molecular flexibility index (Phi) is 6.26. The highest BCUT2D eigenvalue weighted by Crippen LogP contribution is 2.32. The Labute approximate surface area is 124 Å². The molecule has 1 aromatic rings. The molecule has 0 radical (unpaired) electrons. The first-order valence-electron chi connectivity index (χ1n) is 6.11. The molecule has 21 heavy (non-hydrogen) atoms. The minimum atomic E-state index is -4.46. The summed E-state index contributed by atoms with van der Waals surface area (Å²) in [6.45, 7) is 1.48. The molecule has 0 saturated carbocycles. The van der Waals surface area contributed by atoms with E-state index in [1.807, 2.05) is 6.26 Å². The summed E-state index contributed by atoms with van der Waals surface area (Å²) in [5, 5.41) is 0. The van der Waals surface area contributed by atoms with E-state index in [0.29, 0.717) is 5.75 Å². The largest absolute Gasteiger partial charge is 0.464 e. The van der Waals surface area contributed by atoms with Gasteiger partial charge >= 0.3 is 12.1 Å². The maximum atomic E-state index is 12.6. The molecule has 1 aromatic carbocycles. The molecule has 0 spiro atoms. The van der Waals surface area contributed by atoms with E-state index in [1.165, 1.54) is 18.7 Å². The SMILES string of the molecule is CSCCOC(=O)CC(=O)c1ccc(C(F)(F)F)c(C)c1. The second-order valence-corrected chi connectivity index (χ2v) is 5.33. The van der Waals surface area contributed by atoms with Gasteiger partial charge in [-0.1, -0.05) is 6.07 Å². The van der Waals surface area contributed by atoms with Gasteiger partial charge in [-0.25, -0.2) is 0 Å². The molecule has 0 bridgehead atoms. The van der Waals surface area contributed by atoms with E-state index < -0.39 is 29.9 Å². The molecule has 0 aliphatic rings. The first-order valence-corrected chi connectivity index (χ1v) is 7.50. The Balaban J connectivity index is 2.71. The lowest BCUT2D eigenvalue weighted by molar-refractivity contribution is -0.142. The fourth-order valence-corrected chi connectivity index (χ4v) is 1.93. The molecule has 0 fully saturated rings. The van der Waals surface area contributed by atoms with Crippen molar-refractivity contribution in [2.24, 2.45) is 0 Å². The molecule has 0 aliphatic heterocycles. The number of benzene rings is 1. The molecule has 0 aliphatic carbocycles. The van der Waals surface area contributed by atoms with Gasteiger partial charge in [0.25, 0.3) is 0 Å². The van der Waals surface area contributed by atoms with Gasteiger partial charge in [-0.15, -0.1) is 0 Å². The molecule has 116 valence electrons. The molecule has 0 amide bonds. The number of alkyl halides is 3. The second kappa shape index (κ2) is 7.49. The van der Waals surface area contributed by atoms with E-state index in [1.54, 1.807) is 0 Å². The van der Waals surface area contributed by atoms with Crippen LogP contribution in [0, 0.1) is 6.92 Å². The molecule has 0 atom stereocenters. The lowest BCUT2D eigenvalue weighted by Gasteiger charge is -2.11. The number of hydrogen-bond acceptors (Lipinski definition) is 4. The van der Waals surface area contributed by atoms with Crippen LogP contribution in [0.15, 0.2) is 18.2 Å². The molecule has 1 rings (SSSR count). The van der Waals surface area contributed by atoms with Crippen LogP contribution in [-0.4, -0.2) is 30.4 Å². The quantitative estimate of drug-likeness (QED) is 0.348. The first kappa shape index (κ1) is 17.6. The van der Waals surface area contributed by atoms with Crippen LogP contribution < -0.4 is 0 Å². The maximum Gasteiger partial charge on any atom is 0.416 e. The number of ketones is 1. The lowest BCUT2D eigenvalue weighted by atomic mass is 10.0. The first-order chi connectivity index (χ1) is 9.75. The van der Waals surface area contributed by atoms with Gasteiger partial charge in [0.1, 0.15) is 13.0 Å². The van der Waals surface area contributed by atoms with E-state index in [4.69, 9.17) is 4.74 Å². The predicted octanol–water partition coefficient (Wildman–Crippen LogP) is 3.49. The van der Waals surface area contributed by atoms with Crippen LogP contribution in [0.25, 0.3) is 0 Å². The van der Waals surface area contributed by atoms with E-state index >= 15 is 0 Å². The number of carbonyl (C=O) groups excluding carboxylic acids is 2. The van der Waals surface area contributed by atoms with Gasteiger partial charge in [0, 0.05) is 11.3 Å². The Hall–Kier alpha value is -1.50. The Bertz CT molecular complexity index is 527. The highest BCUT2D eigenvalue weighted by Gasteiger charge is 2.32. The van der Waals surface area contributed by atoms with E-state index in [0.717, 1.165) is 18.2 Å². The molecule has 0 aromatic heterocycles. The number of carbonyl (C=O) groups is 2. The Morgan fingerprint density at radius 1 is 1.29 bits per heavy atom. The number of esters is 1. The summed E-state index contributed by atoms with van der Waals surface area (Å²) in [6, 6.07) is 3.06. The summed E-state index contributed by atoms with van der Waals surface area (Å²) in [7, 11) is 0. The standard InChI is InChI=1S/C14H15F3O3S/c1-9-7-10(3-4-11(9)14(15,16)17)12(18)8-13(19)20-5-6-21-2/h3-4,7H,5-6,8H2,1-2H3. The van der Waals surface area contributed by atoms with Crippen LogP contribution in [-0.2, 0) is 15.7 Å². The van der Waals surface area contributed by atoms with Crippen molar-refractivity contribution >= 4 is 23.5 Å². The van der Waals surface area contributed by atoms with Crippen LogP contribution >= 0.6 is 11.8 Å². The van der Waals surface area contributed by atoms with Gasteiger partial charge in [-0.05, 0) is 30.9 Å². The summed E-state index contributed by atoms with van der Waals surface area (Å²) >= 11 is 1.50. The van der Waals surface area contributed by atoms with Crippen molar-refractivity contribution < 1.29 is 27.5 Å². The summed E-state index contributed by atoms with van der Waals surface area (Å²) in [4.78, 5) is 23.2. The fourth-order valence-electron chi connectivity index (χ4n) is 1.68. The van der Waals surface area contributed by atoms with Gasteiger partial charge in [0.05, 0.1) is 5.56 Å². The predicted molar refractivity (Wildman–Crippen MR) is 74.5 cm³/mol.